The number of rotatable bonds is 5. The zero-order valence-corrected chi connectivity index (χ0v) is 10.7. The zero-order chi connectivity index (χ0) is 12.0. The Kier molecular flexibility index (Phi) is 5.44. The van der Waals surface area contributed by atoms with Gasteiger partial charge in [0, 0.05) is 13.1 Å². The predicted molar refractivity (Wildman–Crippen MR) is 66.6 cm³/mol. The Morgan fingerprint density at radius 3 is 2.81 bits per heavy atom. The average Bonchev–Trinajstić information content (AvgIpc) is 2.24. The lowest BCUT2D eigenvalue weighted by atomic mass is 9.96. The molecule has 0 aliphatic carbocycles. The summed E-state index contributed by atoms with van der Waals surface area (Å²) in [6, 6.07) is 0. The van der Waals surface area contributed by atoms with Gasteiger partial charge in [0.25, 0.3) is 0 Å². The number of nitrogens with zero attached hydrogens (tertiary/aromatic N) is 1. The second-order valence-corrected chi connectivity index (χ2v) is 6.40. The maximum atomic E-state index is 11.4. The van der Waals surface area contributed by atoms with Crippen molar-refractivity contribution >= 4 is 10.0 Å². The van der Waals surface area contributed by atoms with Crippen molar-refractivity contribution in [2.75, 3.05) is 25.9 Å². The van der Waals surface area contributed by atoms with E-state index in [9.17, 15) is 8.42 Å². The van der Waals surface area contributed by atoms with Gasteiger partial charge in [-0.25, -0.2) is 12.7 Å². The number of hydrogen-bond donors (Lipinski definition) is 1. The molecule has 4 nitrogen and oxygen atoms in total. The summed E-state index contributed by atoms with van der Waals surface area (Å²) in [7, 11) is -3.00. The van der Waals surface area contributed by atoms with E-state index in [1.165, 1.54) is 6.26 Å². The van der Waals surface area contributed by atoms with Gasteiger partial charge in [0.15, 0.2) is 0 Å². The van der Waals surface area contributed by atoms with Gasteiger partial charge in [-0.15, -0.1) is 0 Å². The molecule has 1 fully saturated rings. The average molecular weight is 246 g/mol. The highest BCUT2D eigenvalue weighted by Gasteiger charge is 2.24. The Morgan fingerprint density at radius 2 is 2.19 bits per heavy atom. The number of hydrogen-bond acceptors (Lipinski definition) is 3. The summed E-state index contributed by atoms with van der Waals surface area (Å²) >= 11 is 0. The minimum absolute atomic E-state index is 0.470. The first kappa shape index (κ1) is 13.7. The predicted octanol–water partition coefficient (Wildman–Crippen LogP) is 0.953. The van der Waals surface area contributed by atoms with Gasteiger partial charge in [-0.05, 0) is 38.1 Å². The summed E-state index contributed by atoms with van der Waals surface area (Å²) in [6.07, 6.45) is 9.47. The van der Waals surface area contributed by atoms with Crippen molar-refractivity contribution in [3.05, 3.63) is 12.2 Å². The molecule has 16 heavy (non-hydrogen) atoms. The third-order valence-electron chi connectivity index (χ3n) is 2.92. The van der Waals surface area contributed by atoms with Crippen LogP contribution in [0.3, 0.4) is 0 Å². The molecule has 0 bridgehead atoms. The molecule has 1 saturated heterocycles. The van der Waals surface area contributed by atoms with Gasteiger partial charge in [0.05, 0.1) is 6.26 Å². The van der Waals surface area contributed by atoms with Crippen LogP contribution in [0.2, 0.25) is 0 Å². The molecule has 1 heterocycles. The molecule has 2 N–H and O–H groups in total. The molecule has 1 unspecified atom stereocenters. The third-order valence-corrected chi connectivity index (χ3v) is 4.19. The Bertz CT molecular complexity index is 325. The van der Waals surface area contributed by atoms with E-state index in [1.54, 1.807) is 4.31 Å². The Morgan fingerprint density at radius 1 is 1.44 bits per heavy atom. The van der Waals surface area contributed by atoms with E-state index >= 15 is 0 Å². The third kappa shape index (κ3) is 4.63. The quantitative estimate of drug-likeness (QED) is 0.735. The molecule has 1 aliphatic rings. The van der Waals surface area contributed by atoms with Crippen molar-refractivity contribution in [3.63, 3.8) is 0 Å². The van der Waals surface area contributed by atoms with E-state index in [1.807, 2.05) is 0 Å². The second-order valence-electron chi connectivity index (χ2n) is 4.41. The Hall–Kier alpha value is -0.390. The number of sulfonamides is 1. The molecule has 0 aromatic rings. The van der Waals surface area contributed by atoms with Crippen LogP contribution in [0.4, 0.5) is 0 Å². The fraction of sp³-hybridized carbons (Fsp3) is 0.818. The highest BCUT2D eigenvalue weighted by atomic mass is 32.2. The normalized spacial score (nSPS) is 24.0. The van der Waals surface area contributed by atoms with E-state index < -0.39 is 10.0 Å². The van der Waals surface area contributed by atoms with Crippen LogP contribution in [0.15, 0.2) is 12.2 Å². The fourth-order valence-corrected chi connectivity index (χ4v) is 2.97. The van der Waals surface area contributed by atoms with Crippen molar-refractivity contribution < 1.29 is 8.42 Å². The minimum Gasteiger partial charge on any atom is -0.330 e. The molecule has 94 valence electrons. The molecular weight excluding hydrogens is 224 g/mol. The van der Waals surface area contributed by atoms with Crippen LogP contribution < -0.4 is 5.73 Å². The van der Waals surface area contributed by atoms with Crippen molar-refractivity contribution in [1.29, 1.82) is 0 Å². The molecule has 0 aromatic carbocycles. The lowest BCUT2D eigenvalue weighted by molar-refractivity contribution is 0.269. The van der Waals surface area contributed by atoms with Crippen molar-refractivity contribution in [1.82, 2.24) is 4.31 Å². The van der Waals surface area contributed by atoms with Crippen LogP contribution in [-0.4, -0.2) is 38.6 Å². The van der Waals surface area contributed by atoms with Crippen molar-refractivity contribution in [2.45, 2.75) is 25.7 Å². The summed E-state index contributed by atoms with van der Waals surface area (Å²) in [6.45, 7) is 2.03. The smallest absolute Gasteiger partial charge is 0.211 e. The van der Waals surface area contributed by atoms with Crippen molar-refractivity contribution in [3.8, 4) is 0 Å². The standard InChI is InChI=1S/C11H22N2O2S/c1-16(14,15)13-9-5-7-11(10-13)6-3-2-4-8-12/h2-3,11H,4-10,12H2,1H3. The van der Waals surface area contributed by atoms with Crippen LogP contribution in [-0.2, 0) is 10.0 Å². The fourth-order valence-electron chi connectivity index (χ4n) is 2.02. The topological polar surface area (TPSA) is 63.4 Å². The van der Waals surface area contributed by atoms with E-state index in [-0.39, 0.29) is 0 Å². The maximum Gasteiger partial charge on any atom is 0.211 e. The number of allylic oxidation sites excluding steroid dienone is 1. The summed E-state index contributed by atoms with van der Waals surface area (Å²) in [5.74, 6) is 0.470. The van der Waals surface area contributed by atoms with Gasteiger partial charge in [-0.2, -0.15) is 0 Å². The van der Waals surface area contributed by atoms with Gasteiger partial charge >= 0.3 is 0 Å². The second kappa shape index (κ2) is 6.37. The maximum absolute atomic E-state index is 11.4. The Labute approximate surface area is 98.6 Å². The summed E-state index contributed by atoms with van der Waals surface area (Å²) in [4.78, 5) is 0. The van der Waals surface area contributed by atoms with Gasteiger partial charge in [-0.3, -0.25) is 0 Å². The van der Waals surface area contributed by atoms with Crippen LogP contribution in [0.5, 0.6) is 0 Å². The molecule has 1 rings (SSSR count). The number of nitrogens with two attached hydrogens (primary N) is 1. The van der Waals surface area contributed by atoms with Crippen LogP contribution in [0.1, 0.15) is 25.7 Å². The molecule has 0 spiro atoms. The van der Waals surface area contributed by atoms with E-state index in [0.29, 0.717) is 25.6 Å². The Balaban J connectivity index is 2.39. The molecule has 0 saturated carbocycles. The summed E-state index contributed by atoms with van der Waals surface area (Å²) in [5, 5.41) is 0. The van der Waals surface area contributed by atoms with Crippen LogP contribution in [0, 0.1) is 5.92 Å². The SMILES string of the molecule is CS(=O)(=O)N1CCCC(CC=CCCN)C1. The van der Waals surface area contributed by atoms with E-state index in [2.05, 4.69) is 12.2 Å². The first-order chi connectivity index (χ1) is 7.54. The van der Waals surface area contributed by atoms with Gasteiger partial charge in [-0.1, -0.05) is 12.2 Å². The monoisotopic (exact) mass is 246 g/mol. The van der Waals surface area contributed by atoms with Crippen LogP contribution >= 0.6 is 0 Å². The lowest BCUT2D eigenvalue weighted by Gasteiger charge is -2.30. The first-order valence-corrected chi connectivity index (χ1v) is 7.69. The van der Waals surface area contributed by atoms with Gasteiger partial charge < -0.3 is 5.73 Å². The summed E-state index contributed by atoms with van der Waals surface area (Å²) < 4.78 is 24.4. The van der Waals surface area contributed by atoms with E-state index in [0.717, 1.165) is 25.7 Å². The zero-order valence-electron chi connectivity index (χ0n) is 9.93. The van der Waals surface area contributed by atoms with Gasteiger partial charge in [0.2, 0.25) is 10.0 Å². The summed E-state index contributed by atoms with van der Waals surface area (Å²) in [5.41, 5.74) is 5.39. The molecule has 0 radical (unpaired) electrons. The molecular formula is C11H22N2O2S. The molecule has 0 aromatic heterocycles. The van der Waals surface area contributed by atoms with E-state index in [4.69, 9.17) is 5.73 Å². The molecule has 1 atom stereocenters. The van der Waals surface area contributed by atoms with Crippen molar-refractivity contribution in [2.24, 2.45) is 11.7 Å². The highest BCUT2D eigenvalue weighted by Crippen LogP contribution is 2.21. The lowest BCUT2D eigenvalue weighted by Crippen LogP contribution is -2.39. The van der Waals surface area contributed by atoms with Gasteiger partial charge in [0.1, 0.15) is 0 Å². The molecule has 1 aliphatic heterocycles. The highest BCUT2D eigenvalue weighted by molar-refractivity contribution is 7.88. The minimum atomic E-state index is -3.00. The first-order valence-electron chi connectivity index (χ1n) is 5.84. The molecule has 0 amide bonds. The number of piperidine rings is 1. The van der Waals surface area contributed by atoms with Crippen LogP contribution in [0.25, 0.3) is 0 Å². The molecule has 5 heteroatoms. The largest absolute Gasteiger partial charge is 0.330 e.